The fraction of sp³-hybridized carbons (Fsp3) is 0.125. The van der Waals surface area contributed by atoms with Crippen molar-refractivity contribution in [3.8, 4) is 17.2 Å². The fourth-order valence-electron chi connectivity index (χ4n) is 1.85. The number of phenols is 1. The lowest BCUT2D eigenvalue weighted by atomic mass is 10.2. The Kier molecular flexibility index (Phi) is 6.27. The number of carbonyl (C=O) groups excluding carboxylic acids is 1. The van der Waals surface area contributed by atoms with E-state index in [0.717, 1.165) is 3.57 Å². The Hall–Kier alpha value is -2.00. The monoisotopic (exact) mass is 460 g/mol. The second kappa shape index (κ2) is 8.20. The lowest BCUT2D eigenvalue weighted by molar-refractivity contribution is 0.0954. The van der Waals surface area contributed by atoms with E-state index in [0.29, 0.717) is 16.9 Å². The number of nitrogens with one attached hydrogen (secondary N) is 1. The first-order valence-corrected chi connectivity index (χ1v) is 8.15. The maximum atomic E-state index is 12.1. The summed E-state index contributed by atoms with van der Waals surface area (Å²) in [5.41, 5.74) is 3.40. The first-order valence-electron chi connectivity index (χ1n) is 6.69. The van der Waals surface area contributed by atoms with Crippen molar-refractivity contribution in [3.05, 3.63) is 50.1 Å². The number of hydrazone groups is 1. The molecular formula is C16H14ClIN2O4. The summed E-state index contributed by atoms with van der Waals surface area (Å²) in [6.07, 6.45) is 1.40. The average Bonchev–Trinajstić information content (AvgIpc) is 2.58. The minimum Gasteiger partial charge on any atom is -0.503 e. The van der Waals surface area contributed by atoms with E-state index in [1.54, 1.807) is 31.4 Å². The number of halogens is 2. The molecule has 0 saturated heterocycles. The van der Waals surface area contributed by atoms with Gasteiger partial charge in [0.25, 0.3) is 5.91 Å². The van der Waals surface area contributed by atoms with Crippen LogP contribution < -0.4 is 14.9 Å². The van der Waals surface area contributed by atoms with Crippen LogP contribution in [0.15, 0.2) is 35.4 Å². The van der Waals surface area contributed by atoms with Crippen molar-refractivity contribution >= 4 is 46.3 Å². The summed E-state index contributed by atoms with van der Waals surface area (Å²) in [5, 5.41) is 13.7. The minimum absolute atomic E-state index is 0.129. The summed E-state index contributed by atoms with van der Waals surface area (Å²) in [6.45, 7) is 0. The Morgan fingerprint density at radius 2 is 1.96 bits per heavy atom. The molecule has 6 nitrogen and oxygen atoms in total. The van der Waals surface area contributed by atoms with Crippen molar-refractivity contribution in [2.45, 2.75) is 0 Å². The summed E-state index contributed by atoms with van der Waals surface area (Å²) in [4.78, 5) is 12.1. The number of amides is 1. The number of nitrogens with zero attached hydrogens (tertiary/aromatic N) is 1. The predicted molar refractivity (Wildman–Crippen MR) is 100 cm³/mol. The van der Waals surface area contributed by atoms with Crippen LogP contribution in [0.25, 0.3) is 0 Å². The Morgan fingerprint density at radius 3 is 2.62 bits per heavy atom. The van der Waals surface area contributed by atoms with Crippen LogP contribution >= 0.6 is 34.2 Å². The molecule has 0 spiro atoms. The number of ether oxygens (including phenoxy) is 2. The second-order valence-electron chi connectivity index (χ2n) is 4.60. The van der Waals surface area contributed by atoms with E-state index in [2.05, 4.69) is 33.1 Å². The normalized spacial score (nSPS) is 10.7. The Bertz CT molecular complexity index is 796. The molecule has 0 aromatic heterocycles. The number of hydrogen-bond donors (Lipinski definition) is 2. The molecule has 0 aliphatic heterocycles. The van der Waals surface area contributed by atoms with E-state index in [-0.39, 0.29) is 22.4 Å². The molecule has 2 rings (SSSR count). The van der Waals surface area contributed by atoms with E-state index in [1.807, 2.05) is 0 Å². The van der Waals surface area contributed by atoms with Gasteiger partial charge in [0.1, 0.15) is 5.75 Å². The molecule has 0 fully saturated rings. The van der Waals surface area contributed by atoms with E-state index in [1.165, 1.54) is 19.4 Å². The molecule has 0 radical (unpaired) electrons. The third kappa shape index (κ3) is 4.30. The standard InChI is InChI=1S/C16H14ClIN2O4/c1-23-13-7-10(3-4-12(13)18)16(22)20-19-8-9-5-11(17)15(21)14(6-9)24-2/h3-8,21H,1-2H3,(H,20,22)/b19-8-. The SMILES string of the molecule is COc1cc(C(=O)N/N=C\c2cc(Cl)c(O)c(OC)c2)ccc1I. The molecule has 24 heavy (non-hydrogen) atoms. The first-order chi connectivity index (χ1) is 11.5. The van der Waals surface area contributed by atoms with Crippen molar-refractivity contribution in [3.63, 3.8) is 0 Å². The third-order valence-corrected chi connectivity index (χ3v) is 4.24. The second-order valence-corrected chi connectivity index (χ2v) is 6.17. The Balaban J connectivity index is 2.11. The van der Waals surface area contributed by atoms with Crippen molar-refractivity contribution in [2.24, 2.45) is 5.10 Å². The van der Waals surface area contributed by atoms with Gasteiger partial charge in [-0.25, -0.2) is 5.43 Å². The topological polar surface area (TPSA) is 80.2 Å². The van der Waals surface area contributed by atoms with Crippen LogP contribution in [0.5, 0.6) is 17.2 Å². The molecule has 2 aromatic carbocycles. The van der Waals surface area contributed by atoms with E-state index in [9.17, 15) is 9.90 Å². The summed E-state index contributed by atoms with van der Waals surface area (Å²) >= 11 is 8.01. The van der Waals surface area contributed by atoms with Crippen molar-refractivity contribution in [1.29, 1.82) is 0 Å². The summed E-state index contributed by atoms with van der Waals surface area (Å²) in [5.74, 6) is 0.309. The molecule has 0 bridgehead atoms. The van der Waals surface area contributed by atoms with Gasteiger partial charge < -0.3 is 14.6 Å². The molecule has 1 amide bonds. The highest BCUT2D eigenvalue weighted by Crippen LogP contribution is 2.34. The molecule has 8 heteroatoms. The van der Waals surface area contributed by atoms with Gasteiger partial charge in [0.05, 0.1) is 29.0 Å². The molecule has 0 saturated carbocycles. The van der Waals surface area contributed by atoms with Crippen LogP contribution in [-0.2, 0) is 0 Å². The highest BCUT2D eigenvalue weighted by atomic mass is 127. The molecule has 0 aliphatic carbocycles. The van der Waals surface area contributed by atoms with Crippen LogP contribution in [0.3, 0.4) is 0 Å². The highest BCUT2D eigenvalue weighted by molar-refractivity contribution is 14.1. The van der Waals surface area contributed by atoms with Crippen LogP contribution in [0.1, 0.15) is 15.9 Å². The Labute approximate surface area is 157 Å². The number of phenolic OH excluding ortho intramolecular Hbond substituents is 1. The zero-order chi connectivity index (χ0) is 17.7. The van der Waals surface area contributed by atoms with Gasteiger partial charge >= 0.3 is 0 Å². The quantitative estimate of drug-likeness (QED) is 0.407. The molecule has 126 valence electrons. The zero-order valence-electron chi connectivity index (χ0n) is 12.8. The molecule has 2 N–H and O–H groups in total. The summed E-state index contributed by atoms with van der Waals surface area (Å²) in [7, 11) is 2.96. The van der Waals surface area contributed by atoms with Gasteiger partial charge in [-0.05, 0) is 58.5 Å². The molecule has 0 unspecified atom stereocenters. The predicted octanol–water partition coefficient (Wildman–Crippen LogP) is 3.43. The third-order valence-electron chi connectivity index (χ3n) is 3.06. The smallest absolute Gasteiger partial charge is 0.271 e. The van der Waals surface area contributed by atoms with Gasteiger partial charge in [0.2, 0.25) is 0 Å². The van der Waals surface area contributed by atoms with Gasteiger partial charge in [-0.2, -0.15) is 5.10 Å². The maximum Gasteiger partial charge on any atom is 0.271 e. The molecular weight excluding hydrogens is 447 g/mol. The first kappa shape index (κ1) is 18.3. The van der Waals surface area contributed by atoms with Gasteiger partial charge in [-0.3, -0.25) is 4.79 Å². The van der Waals surface area contributed by atoms with Gasteiger partial charge in [-0.15, -0.1) is 0 Å². The van der Waals surface area contributed by atoms with Crippen LogP contribution in [0.4, 0.5) is 0 Å². The van der Waals surface area contributed by atoms with Crippen LogP contribution in [-0.4, -0.2) is 31.4 Å². The van der Waals surface area contributed by atoms with E-state index in [4.69, 9.17) is 21.1 Å². The highest BCUT2D eigenvalue weighted by Gasteiger charge is 2.09. The van der Waals surface area contributed by atoms with Gasteiger partial charge in [0, 0.05) is 5.56 Å². The number of carbonyl (C=O) groups is 1. The maximum absolute atomic E-state index is 12.1. The molecule has 2 aromatic rings. The number of rotatable bonds is 5. The molecule has 0 heterocycles. The molecule has 0 aliphatic rings. The lowest BCUT2D eigenvalue weighted by Gasteiger charge is -2.07. The number of hydrogen-bond acceptors (Lipinski definition) is 5. The van der Waals surface area contributed by atoms with Crippen molar-refractivity contribution < 1.29 is 19.4 Å². The minimum atomic E-state index is -0.377. The Morgan fingerprint density at radius 1 is 1.25 bits per heavy atom. The van der Waals surface area contributed by atoms with Gasteiger partial charge in [-0.1, -0.05) is 11.6 Å². The van der Waals surface area contributed by atoms with Crippen LogP contribution in [0.2, 0.25) is 5.02 Å². The number of aromatic hydroxyl groups is 1. The zero-order valence-corrected chi connectivity index (χ0v) is 15.8. The number of methoxy groups -OCH3 is 2. The molecule has 0 atom stereocenters. The largest absolute Gasteiger partial charge is 0.503 e. The summed E-state index contributed by atoms with van der Waals surface area (Å²) < 4.78 is 11.1. The summed E-state index contributed by atoms with van der Waals surface area (Å²) in [6, 6.07) is 8.14. The van der Waals surface area contributed by atoms with Crippen molar-refractivity contribution in [1.82, 2.24) is 5.43 Å². The fourth-order valence-corrected chi connectivity index (χ4v) is 2.63. The van der Waals surface area contributed by atoms with Crippen LogP contribution in [0, 0.1) is 3.57 Å². The van der Waals surface area contributed by atoms with E-state index >= 15 is 0 Å². The average molecular weight is 461 g/mol. The van der Waals surface area contributed by atoms with Crippen molar-refractivity contribution in [2.75, 3.05) is 14.2 Å². The lowest BCUT2D eigenvalue weighted by Crippen LogP contribution is -2.17. The van der Waals surface area contributed by atoms with E-state index < -0.39 is 0 Å². The number of benzene rings is 2. The van der Waals surface area contributed by atoms with Gasteiger partial charge in [0.15, 0.2) is 11.5 Å².